The van der Waals surface area contributed by atoms with Crippen molar-refractivity contribution < 1.29 is 9.53 Å². The number of nitrogens with zero attached hydrogens (tertiary/aromatic N) is 1. The molecule has 12 heavy (non-hydrogen) atoms. The summed E-state index contributed by atoms with van der Waals surface area (Å²) in [5.41, 5.74) is 0. The average Bonchev–Trinajstić information content (AvgIpc) is 2.04. The monoisotopic (exact) mass is 191 g/mol. The predicted octanol–water partition coefficient (Wildman–Crippen LogP) is 1.87. The Hall–Kier alpha value is -0.540. The van der Waals surface area contributed by atoms with Gasteiger partial charge in [0.05, 0.1) is 13.2 Å². The van der Waals surface area contributed by atoms with Crippen LogP contribution >= 0.6 is 11.6 Å². The van der Waals surface area contributed by atoms with Gasteiger partial charge in [0.1, 0.15) is 0 Å². The second-order valence-corrected chi connectivity index (χ2v) is 2.52. The molecule has 0 aromatic rings. The fourth-order valence-corrected chi connectivity index (χ4v) is 0.916. The molecule has 0 atom stereocenters. The van der Waals surface area contributed by atoms with Gasteiger partial charge >= 0.3 is 5.37 Å². The molecule has 0 rings (SSSR count). The lowest BCUT2D eigenvalue weighted by atomic mass is 10.5. The zero-order valence-corrected chi connectivity index (χ0v) is 8.01. The van der Waals surface area contributed by atoms with Crippen LogP contribution in [-0.2, 0) is 4.74 Å². The summed E-state index contributed by atoms with van der Waals surface area (Å²) in [6.45, 7) is 7.52. The molecule has 0 aromatic heterocycles. The largest absolute Gasteiger partial charge is 0.376 e. The summed E-state index contributed by atoms with van der Waals surface area (Å²) in [5, 5.41) is -0.431. The molecule has 0 N–H and O–H groups in total. The first-order valence-electron chi connectivity index (χ1n) is 3.85. The van der Waals surface area contributed by atoms with Crippen LogP contribution in [0, 0.1) is 0 Å². The first-order valence-corrected chi connectivity index (χ1v) is 4.23. The molecule has 0 radical (unpaired) electrons. The molecule has 0 heterocycles. The van der Waals surface area contributed by atoms with E-state index in [1.807, 2.05) is 6.92 Å². The van der Waals surface area contributed by atoms with E-state index in [2.05, 4.69) is 6.58 Å². The summed E-state index contributed by atoms with van der Waals surface area (Å²) in [6.07, 6.45) is 1.67. The fraction of sp³-hybridized carbons (Fsp3) is 0.625. The summed E-state index contributed by atoms with van der Waals surface area (Å²) >= 11 is 5.27. The first kappa shape index (κ1) is 11.5. The van der Waals surface area contributed by atoms with Crippen LogP contribution in [0.4, 0.5) is 4.79 Å². The minimum absolute atomic E-state index is 0.431. The van der Waals surface area contributed by atoms with E-state index in [-0.39, 0.29) is 0 Å². The minimum atomic E-state index is -0.431. The van der Waals surface area contributed by atoms with E-state index in [4.69, 9.17) is 16.3 Å². The number of amides is 1. The van der Waals surface area contributed by atoms with Gasteiger partial charge < -0.3 is 9.64 Å². The van der Waals surface area contributed by atoms with Gasteiger partial charge in [-0.2, -0.15) is 0 Å². The van der Waals surface area contributed by atoms with E-state index >= 15 is 0 Å². The lowest BCUT2D eigenvalue weighted by molar-refractivity contribution is 0.137. The van der Waals surface area contributed by atoms with E-state index in [9.17, 15) is 4.79 Å². The van der Waals surface area contributed by atoms with Gasteiger partial charge in [0.2, 0.25) is 0 Å². The molecule has 0 bridgehead atoms. The van der Waals surface area contributed by atoms with Gasteiger partial charge in [-0.05, 0) is 18.5 Å². The molecule has 0 saturated carbocycles. The SMILES string of the molecule is C=CCOCCN(CC)C(=O)Cl. The molecule has 0 unspecified atom stereocenters. The van der Waals surface area contributed by atoms with Crippen molar-refractivity contribution in [1.82, 2.24) is 4.90 Å². The minimum Gasteiger partial charge on any atom is -0.376 e. The number of carbonyl (C=O) groups is 1. The van der Waals surface area contributed by atoms with Crippen LogP contribution in [0.15, 0.2) is 12.7 Å². The number of carbonyl (C=O) groups excluding carboxylic acids is 1. The number of hydrogen-bond acceptors (Lipinski definition) is 2. The van der Waals surface area contributed by atoms with Gasteiger partial charge in [-0.15, -0.1) is 6.58 Å². The summed E-state index contributed by atoms with van der Waals surface area (Å²) < 4.78 is 5.09. The molecule has 0 saturated heterocycles. The van der Waals surface area contributed by atoms with Crippen LogP contribution in [0.5, 0.6) is 0 Å². The van der Waals surface area contributed by atoms with Crippen molar-refractivity contribution in [1.29, 1.82) is 0 Å². The molecular formula is C8H14ClNO2. The Morgan fingerprint density at radius 2 is 2.42 bits per heavy atom. The standard InChI is InChI=1S/C8H14ClNO2/c1-3-6-12-7-5-10(4-2)8(9)11/h3H,1,4-7H2,2H3. The molecule has 0 spiro atoms. The van der Waals surface area contributed by atoms with Crippen LogP contribution in [-0.4, -0.2) is 36.6 Å². The summed E-state index contributed by atoms with van der Waals surface area (Å²) in [5.74, 6) is 0. The highest BCUT2D eigenvalue weighted by Gasteiger charge is 2.06. The van der Waals surface area contributed by atoms with E-state index in [1.54, 1.807) is 6.08 Å². The molecule has 0 aliphatic heterocycles. The lowest BCUT2D eigenvalue weighted by Gasteiger charge is -2.16. The Labute approximate surface area is 77.9 Å². The molecule has 0 aliphatic rings. The van der Waals surface area contributed by atoms with Crippen LogP contribution in [0.25, 0.3) is 0 Å². The van der Waals surface area contributed by atoms with Crippen molar-refractivity contribution in [3.63, 3.8) is 0 Å². The first-order chi connectivity index (χ1) is 5.72. The van der Waals surface area contributed by atoms with Gasteiger partial charge in [0.15, 0.2) is 0 Å². The maximum atomic E-state index is 10.7. The molecule has 70 valence electrons. The third kappa shape index (κ3) is 5.16. The van der Waals surface area contributed by atoms with Crippen LogP contribution in [0.1, 0.15) is 6.92 Å². The van der Waals surface area contributed by atoms with Gasteiger partial charge in [0, 0.05) is 13.1 Å². The zero-order chi connectivity index (χ0) is 9.40. The van der Waals surface area contributed by atoms with Crippen LogP contribution < -0.4 is 0 Å². The van der Waals surface area contributed by atoms with Crippen molar-refractivity contribution in [2.45, 2.75) is 6.92 Å². The predicted molar refractivity (Wildman–Crippen MR) is 49.5 cm³/mol. The van der Waals surface area contributed by atoms with Crippen molar-refractivity contribution in [3.05, 3.63) is 12.7 Å². The number of halogens is 1. The quantitative estimate of drug-likeness (QED) is 0.278. The fourth-order valence-electron chi connectivity index (χ4n) is 0.712. The highest BCUT2D eigenvalue weighted by atomic mass is 35.5. The maximum Gasteiger partial charge on any atom is 0.316 e. The molecule has 1 amide bonds. The van der Waals surface area contributed by atoms with Crippen LogP contribution in [0.3, 0.4) is 0 Å². The molecule has 0 aliphatic carbocycles. The van der Waals surface area contributed by atoms with E-state index in [0.29, 0.717) is 26.3 Å². The van der Waals surface area contributed by atoms with Crippen molar-refractivity contribution in [3.8, 4) is 0 Å². The topological polar surface area (TPSA) is 29.5 Å². The second-order valence-electron chi connectivity index (χ2n) is 2.20. The highest BCUT2D eigenvalue weighted by Crippen LogP contribution is 1.95. The van der Waals surface area contributed by atoms with Gasteiger partial charge in [-0.25, -0.2) is 0 Å². The third-order valence-corrected chi connectivity index (χ3v) is 1.61. The number of hydrogen-bond donors (Lipinski definition) is 0. The van der Waals surface area contributed by atoms with Crippen molar-refractivity contribution in [2.75, 3.05) is 26.3 Å². The van der Waals surface area contributed by atoms with Gasteiger partial charge in [-0.3, -0.25) is 4.79 Å². The molecular weight excluding hydrogens is 178 g/mol. The summed E-state index contributed by atoms with van der Waals surface area (Å²) in [7, 11) is 0. The third-order valence-electron chi connectivity index (χ3n) is 1.37. The van der Waals surface area contributed by atoms with Crippen molar-refractivity contribution in [2.24, 2.45) is 0 Å². The Morgan fingerprint density at radius 1 is 1.75 bits per heavy atom. The molecule has 3 nitrogen and oxygen atoms in total. The van der Waals surface area contributed by atoms with E-state index < -0.39 is 5.37 Å². The Kier molecular flexibility index (Phi) is 6.81. The summed E-state index contributed by atoms with van der Waals surface area (Å²) in [4.78, 5) is 12.2. The highest BCUT2D eigenvalue weighted by molar-refractivity contribution is 6.62. The number of likely N-dealkylation sites (N-methyl/N-ethyl adjacent to an activating group) is 1. The lowest BCUT2D eigenvalue weighted by Crippen LogP contribution is -2.29. The maximum absolute atomic E-state index is 10.7. The zero-order valence-electron chi connectivity index (χ0n) is 7.25. The normalized spacial score (nSPS) is 9.50. The van der Waals surface area contributed by atoms with Gasteiger partial charge in [0.25, 0.3) is 0 Å². The number of rotatable bonds is 6. The van der Waals surface area contributed by atoms with E-state index in [0.717, 1.165) is 0 Å². The Bertz CT molecular complexity index is 150. The van der Waals surface area contributed by atoms with Crippen molar-refractivity contribution >= 4 is 17.0 Å². The second kappa shape index (κ2) is 7.13. The van der Waals surface area contributed by atoms with Gasteiger partial charge in [-0.1, -0.05) is 6.08 Å². The Balaban J connectivity index is 3.44. The smallest absolute Gasteiger partial charge is 0.316 e. The molecule has 0 aromatic carbocycles. The number of ether oxygens (including phenoxy) is 1. The van der Waals surface area contributed by atoms with E-state index in [1.165, 1.54) is 4.90 Å². The molecule has 0 fully saturated rings. The Morgan fingerprint density at radius 3 is 2.83 bits per heavy atom. The summed E-state index contributed by atoms with van der Waals surface area (Å²) in [6, 6.07) is 0. The molecule has 4 heteroatoms. The average molecular weight is 192 g/mol. The van der Waals surface area contributed by atoms with Crippen LogP contribution in [0.2, 0.25) is 0 Å².